The van der Waals surface area contributed by atoms with Crippen LogP contribution in [-0.4, -0.2) is 37.2 Å². The highest BCUT2D eigenvalue weighted by Gasteiger charge is 2.19. The number of ether oxygens (including phenoxy) is 3. The van der Waals surface area contributed by atoms with Crippen LogP contribution in [0.2, 0.25) is 0 Å². The number of carbonyl (C=O) groups is 3. The maximum absolute atomic E-state index is 12.9. The largest absolute Gasteiger partial charge is 0.462 e. The summed E-state index contributed by atoms with van der Waals surface area (Å²) < 4.78 is 17.0. The van der Waals surface area contributed by atoms with Gasteiger partial charge in [0.2, 0.25) is 0 Å². The van der Waals surface area contributed by atoms with Crippen molar-refractivity contribution in [1.82, 2.24) is 0 Å². The third-order valence-electron chi connectivity index (χ3n) is 15.5. The van der Waals surface area contributed by atoms with E-state index >= 15 is 0 Å². The van der Waals surface area contributed by atoms with E-state index in [1.165, 1.54) is 225 Å². The van der Waals surface area contributed by atoms with Crippen LogP contribution in [0.1, 0.15) is 361 Å². The third kappa shape index (κ3) is 65.7. The second-order valence-corrected chi connectivity index (χ2v) is 23.4. The van der Waals surface area contributed by atoms with Crippen molar-refractivity contribution in [3.63, 3.8) is 0 Å². The van der Waals surface area contributed by atoms with Crippen molar-refractivity contribution in [1.29, 1.82) is 0 Å². The Morgan fingerprint density at radius 1 is 0.263 bits per heavy atom. The molecule has 0 aliphatic rings. The Kier molecular flexibility index (Phi) is 65.7. The molecule has 6 heteroatoms. The highest BCUT2D eigenvalue weighted by atomic mass is 16.6. The number of unbranched alkanes of at least 4 members (excludes halogenated alkanes) is 41. The fourth-order valence-corrected chi connectivity index (χ4v) is 10.3. The van der Waals surface area contributed by atoms with Crippen molar-refractivity contribution in [2.24, 2.45) is 0 Å². The zero-order valence-electron chi connectivity index (χ0n) is 53.3. The predicted octanol–water partition coefficient (Wildman–Crippen LogP) is 24.1. The van der Waals surface area contributed by atoms with Gasteiger partial charge in [-0.05, 0) is 70.6 Å². The van der Waals surface area contributed by atoms with Crippen LogP contribution in [0.3, 0.4) is 0 Å². The molecule has 0 bridgehead atoms. The maximum Gasteiger partial charge on any atom is 0.306 e. The number of carbonyl (C=O) groups excluding carboxylic acids is 3. The third-order valence-corrected chi connectivity index (χ3v) is 15.5. The molecule has 0 saturated heterocycles. The zero-order valence-corrected chi connectivity index (χ0v) is 53.3. The molecule has 0 amide bonds. The molecule has 6 nitrogen and oxygen atoms in total. The minimum Gasteiger partial charge on any atom is -0.462 e. The molecule has 0 aromatic heterocycles. The molecule has 0 saturated carbocycles. The SMILES string of the molecule is CC/C=C\C/C=C\C/C=C\C/C=C\C/C=C\C/C=C\CCCCC(=O)OC(COC(=O)CCCCCCCCCCCCCCCCCCCC)COC(=O)CCCCCCCCCCCCCCCCCCCCCCCCC. The summed E-state index contributed by atoms with van der Waals surface area (Å²) in [4.78, 5) is 38.4. The normalized spacial score (nSPS) is 12.5. The van der Waals surface area contributed by atoms with E-state index < -0.39 is 6.10 Å². The average molecular weight is 1120 g/mol. The summed E-state index contributed by atoms with van der Waals surface area (Å²) in [7, 11) is 0. The molecule has 0 fully saturated rings. The van der Waals surface area contributed by atoms with Crippen molar-refractivity contribution in [2.45, 2.75) is 367 Å². The lowest BCUT2D eigenvalue weighted by atomic mass is 10.0. The number of allylic oxidation sites excluding steroid dienone is 12. The molecule has 80 heavy (non-hydrogen) atoms. The van der Waals surface area contributed by atoms with E-state index in [9.17, 15) is 14.4 Å². The molecule has 0 spiro atoms. The molecular weight excluding hydrogens is 985 g/mol. The van der Waals surface area contributed by atoms with E-state index in [2.05, 4.69) is 93.7 Å². The first kappa shape index (κ1) is 76.9. The molecule has 0 aromatic rings. The molecule has 0 aromatic carbocycles. The Labute approximate surface area is 497 Å². The lowest BCUT2D eigenvalue weighted by Gasteiger charge is -2.18. The van der Waals surface area contributed by atoms with Crippen LogP contribution in [0.15, 0.2) is 72.9 Å². The summed E-state index contributed by atoms with van der Waals surface area (Å²) in [5, 5.41) is 0. The summed E-state index contributed by atoms with van der Waals surface area (Å²) in [6, 6.07) is 0. The summed E-state index contributed by atoms with van der Waals surface area (Å²) in [5.74, 6) is -0.908. The summed E-state index contributed by atoms with van der Waals surface area (Å²) in [6.45, 7) is 6.56. The summed E-state index contributed by atoms with van der Waals surface area (Å²) in [5.41, 5.74) is 0. The van der Waals surface area contributed by atoms with Gasteiger partial charge in [0, 0.05) is 19.3 Å². The standard InChI is InChI=1S/C74H132O6/c1-4-7-10-13-16-19-22-25-28-31-34-36-37-39-40-43-46-49-52-55-58-61-64-67-73(76)79-70-71(69-78-72(75)66-63-60-57-54-51-48-45-42-33-30-27-24-21-18-15-12-9-6-3)80-74(77)68-65-62-59-56-53-50-47-44-41-38-35-32-29-26-23-20-17-14-11-8-5-2/h8,11,17,20,26,29,35,38,44,47,53,56,71H,4-7,9-10,12-16,18-19,21-25,27-28,30-34,36-37,39-43,45-46,48-52,54-55,57-70H2,1-3H3/b11-8-,20-17-,29-26-,38-35-,47-44-,56-53-. The topological polar surface area (TPSA) is 78.9 Å². The predicted molar refractivity (Wildman–Crippen MR) is 348 cm³/mol. The lowest BCUT2D eigenvalue weighted by Crippen LogP contribution is -2.30. The quantitative estimate of drug-likeness (QED) is 0.0261. The molecular formula is C74H132O6. The highest BCUT2D eigenvalue weighted by molar-refractivity contribution is 5.71. The van der Waals surface area contributed by atoms with E-state index in [0.717, 1.165) is 89.9 Å². The number of hydrogen-bond donors (Lipinski definition) is 0. The first-order chi connectivity index (χ1) is 39.5. The summed E-state index contributed by atoms with van der Waals surface area (Å²) >= 11 is 0. The Bertz CT molecular complexity index is 1470. The van der Waals surface area contributed by atoms with E-state index in [1.807, 2.05) is 0 Å². The Morgan fingerprint density at radius 2 is 0.487 bits per heavy atom. The van der Waals surface area contributed by atoms with Crippen LogP contribution < -0.4 is 0 Å². The molecule has 1 atom stereocenters. The van der Waals surface area contributed by atoms with Crippen molar-refractivity contribution in [3.05, 3.63) is 72.9 Å². The Morgan fingerprint density at radius 3 is 0.762 bits per heavy atom. The van der Waals surface area contributed by atoms with Crippen molar-refractivity contribution in [2.75, 3.05) is 13.2 Å². The molecule has 0 radical (unpaired) electrons. The second-order valence-electron chi connectivity index (χ2n) is 23.4. The molecule has 0 N–H and O–H groups in total. The highest BCUT2D eigenvalue weighted by Crippen LogP contribution is 2.18. The van der Waals surface area contributed by atoms with Gasteiger partial charge in [0.05, 0.1) is 0 Å². The van der Waals surface area contributed by atoms with Crippen LogP contribution in [-0.2, 0) is 28.6 Å². The van der Waals surface area contributed by atoms with Gasteiger partial charge in [0.15, 0.2) is 6.10 Å². The lowest BCUT2D eigenvalue weighted by molar-refractivity contribution is -0.167. The molecule has 464 valence electrons. The minimum atomic E-state index is -0.798. The van der Waals surface area contributed by atoms with Crippen LogP contribution >= 0.6 is 0 Å². The minimum absolute atomic E-state index is 0.0884. The van der Waals surface area contributed by atoms with Gasteiger partial charge >= 0.3 is 17.9 Å². The first-order valence-electron chi connectivity index (χ1n) is 34.9. The Hall–Kier alpha value is -3.15. The van der Waals surface area contributed by atoms with Gasteiger partial charge in [-0.3, -0.25) is 14.4 Å². The molecule has 0 aliphatic carbocycles. The number of esters is 3. The van der Waals surface area contributed by atoms with E-state index in [-0.39, 0.29) is 37.5 Å². The van der Waals surface area contributed by atoms with Crippen LogP contribution in [0.25, 0.3) is 0 Å². The number of hydrogen-bond acceptors (Lipinski definition) is 6. The fourth-order valence-electron chi connectivity index (χ4n) is 10.3. The summed E-state index contributed by atoms with van der Waals surface area (Å²) in [6.07, 6.45) is 89.3. The molecule has 0 rings (SSSR count). The Balaban J connectivity index is 4.39. The maximum atomic E-state index is 12.9. The van der Waals surface area contributed by atoms with Gasteiger partial charge in [-0.15, -0.1) is 0 Å². The molecule has 0 aliphatic heterocycles. The molecule has 1 unspecified atom stereocenters. The van der Waals surface area contributed by atoms with Gasteiger partial charge in [0.1, 0.15) is 13.2 Å². The monoisotopic (exact) mass is 1120 g/mol. The van der Waals surface area contributed by atoms with E-state index in [0.29, 0.717) is 19.3 Å². The van der Waals surface area contributed by atoms with E-state index in [1.54, 1.807) is 0 Å². The fraction of sp³-hybridized carbons (Fsp3) is 0.797. The van der Waals surface area contributed by atoms with Crippen molar-refractivity contribution in [3.8, 4) is 0 Å². The van der Waals surface area contributed by atoms with Gasteiger partial charge in [0.25, 0.3) is 0 Å². The van der Waals surface area contributed by atoms with Crippen molar-refractivity contribution >= 4 is 17.9 Å². The van der Waals surface area contributed by atoms with Gasteiger partial charge in [-0.2, -0.15) is 0 Å². The zero-order chi connectivity index (χ0) is 57.8. The van der Waals surface area contributed by atoms with Gasteiger partial charge in [-0.1, -0.05) is 344 Å². The van der Waals surface area contributed by atoms with Gasteiger partial charge < -0.3 is 14.2 Å². The molecule has 0 heterocycles. The van der Waals surface area contributed by atoms with Gasteiger partial charge in [-0.25, -0.2) is 0 Å². The van der Waals surface area contributed by atoms with Crippen LogP contribution in [0.4, 0.5) is 0 Å². The second kappa shape index (κ2) is 68.3. The van der Waals surface area contributed by atoms with Crippen LogP contribution in [0, 0.1) is 0 Å². The van der Waals surface area contributed by atoms with E-state index in [4.69, 9.17) is 14.2 Å². The smallest absolute Gasteiger partial charge is 0.306 e. The van der Waals surface area contributed by atoms with Crippen molar-refractivity contribution < 1.29 is 28.6 Å². The average Bonchev–Trinajstić information content (AvgIpc) is 3.46. The first-order valence-corrected chi connectivity index (χ1v) is 34.9. The number of rotatable bonds is 64. The van der Waals surface area contributed by atoms with Crippen LogP contribution in [0.5, 0.6) is 0 Å².